The van der Waals surface area contributed by atoms with Crippen LogP contribution in [0.5, 0.6) is 0 Å². The smallest absolute Gasteiger partial charge is 0.261 e. The van der Waals surface area contributed by atoms with Crippen molar-refractivity contribution in [2.75, 3.05) is 39.5 Å². The van der Waals surface area contributed by atoms with Crippen molar-refractivity contribution in [3.05, 3.63) is 16.6 Å². The molecule has 174 valence electrons. The average molecular weight is 461 g/mol. The van der Waals surface area contributed by atoms with Crippen molar-refractivity contribution in [1.82, 2.24) is 20.0 Å². The molecule has 0 bridgehead atoms. The van der Waals surface area contributed by atoms with Gasteiger partial charge < -0.3 is 19.7 Å². The molecule has 9 heteroatoms. The molecule has 0 unspecified atom stereocenters. The molecule has 0 radical (unpaired) electrons. The minimum Gasteiger partial charge on any atom is -0.381 e. The molecule has 1 aliphatic carbocycles. The van der Waals surface area contributed by atoms with E-state index < -0.39 is 0 Å². The number of ether oxygens (including phenoxy) is 2. The Labute approximate surface area is 192 Å². The van der Waals surface area contributed by atoms with Crippen LogP contribution in [0.1, 0.15) is 59.9 Å². The van der Waals surface area contributed by atoms with Crippen LogP contribution in [0.25, 0.3) is 10.2 Å². The fourth-order valence-electron chi connectivity index (χ4n) is 5.14. The van der Waals surface area contributed by atoms with Crippen molar-refractivity contribution in [3.8, 4) is 0 Å². The molecule has 2 aliphatic heterocycles. The lowest BCUT2D eigenvalue weighted by Crippen LogP contribution is -2.46. The SMILES string of the molecule is Cc1nn(C2CCOCC2)c2sc(C(=O)NC3CCC(C(=O)N4CCOCC4)CC3)cc12. The van der Waals surface area contributed by atoms with Gasteiger partial charge in [0.05, 0.1) is 29.8 Å². The summed E-state index contributed by atoms with van der Waals surface area (Å²) in [4.78, 5) is 29.5. The van der Waals surface area contributed by atoms with Crippen LogP contribution < -0.4 is 5.32 Å². The Hall–Kier alpha value is -1.97. The lowest BCUT2D eigenvalue weighted by molar-refractivity contribution is -0.140. The van der Waals surface area contributed by atoms with Crippen LogP contribution in [-0.4, -0.2) is 72.1 Å². The summed E-state index contributed by atoms with van der Waals surface area (Å²) in [5.41, 5.74) is 0.976. The minimum atomic E-state index is -0.00733. The van der Waals surface area contributed by atoms with Gasteiger partial charge in [0.1, 0.15) is 4.83 Å². The molecule has 0 spiro atoms. The molecule has 1 N–H and O–H groups in total. The molecule has 0 atom stereocenters. The summed E-state index contributed by atoms with van der Waals surface area (Å²) < 4.78 is 13.0. The van der Waals surface area contributed by atoms with E-state index >= 15 is 0 Å². The number of aromatic nitrogens is 2. The second kappa shape index (κ2) is 9.49. The summed E-state index contributed by atoms with van der Waals surface area (Å²) >= 11 is 1.53. The van der Waals surface area contributed by atoms with Gasteiger partial charge >= 0.3 is 0 Å². The van der Waals surface area contributed by atoms with Gasteiger partial charge in [0.25, 0.3) is 5.91 Å². The molecule has 2 aromatic rings. The van der Waals surface area contributed by atoms with Gasteiger partial charge in [-0.05, 0) is 51.5 Å². The maximum atomic E-state index is 13.0. The molecule has 4 heterocycles. The third-order valence-electron chi connectivity index (χ3n) is 7.06. The van der Waals surface area contributed by atoms with Crippen LogP contribution in [0.2, 0.25) is 0 Å². The Kier molecular flexibility index (Phi) is 6.48. The number of hydrogen-bond acceptors (Lipinski definition) is 6. The summed E-state index contributed by atoms with van der Waals surface area (Å²) in [5, 5.41) is 9.04. The number of nitrogens with zero attached hydrogens (tertiary/aromatic N) is 3. The number of nitrogens with one attached hydrogen (secondary N) is 1. The zero-order chi connectivity index (χ0) is 22.1. The Morgan fingerprint density at radius 1 is 1.03 bits per heavy atom. The van der Waals surface area contributed by atoms with E-state index in [1.807, 2.05) is 17.9 Å². The van der Waals surface area contributed by atoms with E-state index in [1.165, 1.54) is 11.3 Å². The van der Waals surface area contributed by atoms with Gasteiger partial charge in [-0.15, -0.1) is 11.3 Å². The predicted molar refractivity (Wildman–Crippen MR) is 122 cm³/mol. The number of thiophene rings is 1. The van der Waals surface area contributed by atoms with Crippen molar-refractivity contribution in [2.45, 2.75) is 57.5 Å². The first kappa shape index (κ1) is 21.9. The zero-order valence-corrected chi connectivity index (χ0v) is 19.5. The number of fused-ring (bicyclic) bond motifs is 1. The molecule has 2 aromatic heterocycles. The first-order chi connectivity index (χ1) is 15.6. The largest absolute Gasteiger partial charge is 0.381 e. The summed E-state index contributed by atoms with van der Waals surface area (Å²) in [7, 11) is 0. The number of rotatable bonds is 4. The highest BCUT2D eigenvalue weighted by Crippen LogP contribution is 2.33. The van der Waals surface area contributed by atoms with Crippen LogP contribution in [0, 0.1) is 12.8 Å². The molecule has 32 heavy (non-hydrogen) atoms. The second-order valence-corrected chi connectivity index (χ2v) is 10.2. The standard InChI is InChI=1S/C23H32N4O4S/c1-15-19-14-20(32-23(19)27(25-15)18-6-10-30-11-7-18)21(28)24-17-4-2-16(3-5-17)22(29)26-8-12-31-13-9-26/h14,16-18H,2-13H2,1H3,(H,24,28). The Balaban J connectivity index is 1.20. The Morgan fingerprint density at radius 3 is 2.44 bits per heavy atom. The monoisotopic (exact) mass is 460 g/mol. The molecule has 0 aromatic carbocycles. The van der Waals surface area contributed by atoms with Gasteiger partial charge in [0.15, 0.2) is 0 Å². The van der Waals surface area contributed by atoms with Crippen molar-refractivity contribution >= 4 is 33.4 Å². The fraction of sp³-hybridized carbons (Fsp3) is 0.696. The highest BCUT2D eigenvalue weighted by molar-refractivity contribution is 7.20. The van der Waals surface area contributed by atoms with E-state index in [0.29, 0.717) is 32.3 Å². The van der Waals surface area contributed by atoms with Crippen molar-refractivity contribution in [2.24, 2.45) is 5.92 Å². The molecular formula is C23H32N4O4S. The van der Waals surface area contributed by atoms with Crippen molar-refractivity contribution < 1.29 is 19.1 Å². The van der Waals surface area contributed by atoms with Gasteiger partial charge in [-0.3, -0.25) is 14.3 Å². The number of amides is 2. The highest BCUT2D eigenvalue weighted by atomic mass is 32.1. The molecule has 3 fully saturated rings. The minimum absolute atomic E-state index is 0.00733. The third kappa shape index (κ3) is 4.43. The van der Waals surface area contributed by atoms with Gasteiger partial charge in [-0.1, -0.05) is 0 Å². The first-order valence-electron chi connectivity index (χ1n) is 11.8. The average Bonchev–Trinajstić information content (AvgIpc) is 3.41. The summed E-state index contributed by atoms with van der Waals surface area (Å²) in [6, 6.07) is 2.46. The summed E-state index contributed by atoms with van der Waals surface area (Å²) in [5.74, 6) is 0.335. The van der Waals surface area contributed by atoms with E-state index in [-0.39, 0.29) is 23.8 Å². The molecule has 2 amide bonds. The lowest BCUT2D eigenvalue weighted by Gasteiger charge is -2.34. The van der Waals surface area contributed by atoms with E-state index in [4.69, 9.17) is 14.6 Å². The van der Waals surface area contributed by atoms with Crippen LogP contribution in [0.3, 0.4) is 0 Å². The normalized spacial score (nSPS) is 25.2. The molecule has 5 rings (SSSR count). The van der Waals surface area contributed by atoms with Gasteiger partial charge in [-0.2, -0.15) is 5.10 Å². The highest BCUT2D eigenvalue weighted by Gasteiger charge is 2.31. The Morgan fingerprint density at radius 2 is 1.72 bits per heavy atom. The molecule has 2 saturated heterocycles. The van der Waals surface area contributed by atoms with E-state index in [2.05, 4.69) is 10.00 Å². The van der Waals surface area contributed by atoms with Gasteiger partial charge in [-0.25, -0.2) is 0 Å². The van der Waals surface area contributed by atoms with E-state index in [0.717, 1.165) is 72.5 Å². The maximum Gasteiger partial charge on any atom is 0.261 e. The van der Waals surface area contributed by atoms with Gasteiger partial charge in [0.2, 0.25) is 5.91 Å². The molecule has 3 aliphatic rings. The number of carbonyl (C=O) groups excluding carboxylic acids is 2. The Bertz CT molecular complexity index is 966. The number of morpholine rings is 1. The molecule has 8 nitrogen and oxygen atoms in total. The fourth-order valence-corrected chi connectivity index (χ4v) is 6.28. The van der Waals surface area contributed by atoms with Crippen LogP contribution in [0.4, 0.5) is 0 Å². The predicted octanol–water partition coefficient (Wildman–Crippen LogP) is 2.91. The quantitative estimate of drug-likeness (QED) is 0.758. The topological polar surface area (TPSA) is 85.7 Å². The molecular weight excluding hydrogens is 428 g/mol. The lowest BCUT2D eigenvalue weighted by atomic mass is 9.85. The summed E-state index contributed by atoms with van der Waals surface area (Å²) in [6.45, 7) is 6.22. The number of hydrogen-bond donors (Lipinski definition) is 1. The van der Waals surface area contributed by atoms with E-state index in [9.17, 15) is 9.59 Å². The third-order valence-corrected chi connectivity index (χ3v) is 8.19. The van der Waals surface area contributed by atoms with Crippen LogP contribution in [-0.2, 0) is 14.3 Å². The first-order valence-corrected chi connectivity index (χ1v) is 12.7. The van der Waals surface area contributed by atoms with Crippen LogP contribution in [0.15, 0.2) is 6.07 Å². The van der Waals surface area contributed by atoms with Crippen LogP contribution >= 0.6 is 11.3 Å². The number of carbonyl (C=O) groups is 2. The number of aryl methyl sites for hydroxylation is 1. The van der Waals surface area contributed by atoms with Gasteiger partial charge in [0, 0.05) is 43.6 Å². The van der Waals surface area contributed by atoms with Crippen molar-refractivity contribution in [3.63, 3.8) is 0 Å². The van der Waals surface area contributed by atoms with Crippen molar-refractivity contribution in [1.29, 1.82) is 0 Å². The zero-order valence-electron chi connectivity index (χ0n) is 18.7. The molecule has 1 saturated carbocycles. The summed E-state index contributed by atoms with van der Waals surface area (Å²) in [6.07, 6.45) is 5.30. The second-order valence-electron chi connectivity index (χ2n) is 9.16. The maximum absolute atomic E-state index is 13.0. The van der Waals surface area contributed by atoms with E-state index in [1.54, 1.807) is 0 Å².